The number of nitrogens with zero attached hydrogens (tertiary/aromatic N) is 1. The van der Waals surface area contributed by atoms with E-state index in [1.807, 2.05) is 5.38 Å². The van der Waals surface area contributed by atoms with Crippen molar-refractivity contribution in [3.8, 4) is 0 Å². The number of aryl methyl sites for hydroxylation is 1. The van der Waals surface area contributed by atoms with E-state index in [0.717, 1.165) is 5.69 Å². The second kappa shape index (κ2) is 8.25. The highest BCUT2D eigenvalue weighted by molar-refractivity contribution is 7.13. The van der Waals surface area contributed by atoms with E-state index < -0.39 is 6.09 Å². The van der Waals surface area contributed by atoms with Gasteiger partial charge in [-0.3, -0.25) is 10.1 Å². The number of hydrogen-bond donors (Lipinski definition) is 1. The summed E-state index contributed by atoms with van der Waals surface area (Å²) in [5, 5.41) is 4.82. The maximum Gasteiger partial charge on any atom is 0.413 e. The smallest absolute Gasteiger partial charge is 0.413 e. The van der Waals surface area contributed by atoms with E-state index in [1.54, 1.807) is 0 Å². The van der Waals surface area contributed by atoms with Gasteiger partial charge in [0.2, 0.25) is 0 Å². The number of thiazole rings is 1. The molecule has 0 aliphatic rings. The Balaban J connectivity index is 2.33. The number of amides is 1. The molecule has 0 bridgehead atoms. The number of anilines is 1. The minimum absolute atomic E-state index is 0.156. The molecule has 7 heteroatoms. The zero-order valence-corrected chi connectivity index (χ0v) is 11.5. The Kier molecular flexibility index (Phi) is 6.59. The lowest BCUT2D eigenvalue weighted by Crippen LogP contribution is -2.13. The molecule has 0 atom stereocenters. The van der Waals surface area contributed by atoms with E-state index in [4.69, 9.17) is 4.74 Å². The molecule has 0 saturated carbocycles. The van der Waals surface area contributed by atoms with Gasteiger partial charge in [0.05, 0.1) is 12.8 Å². The zero-order valence-electron chi connectivity index (χ0n) is 10.7. The summed E-state index contributed by atoms with van der Waals surface area (Å²) in [6, 6.07) is 0. The van der Waals surface area contributed by atoms with Crippen molar-refractivity contribution in [3.63, 3.8) is 0 Å². The first-order chi connectivity index (χ1) is 9.15. The summed E-state index contributed by atoms with van der Waals surface area (Å²) in [5.74, 6) is -0.235. The predicted octanol–water partition coefficient (Wildman–Crippen LogP) is 2.37. The number of hydrogen-bond acceptors (Lipinski definition) is 6. The number of rotatable bonds is 7. The molecule has 19 heavy (non-hydrogen) atoms. The number of aromatic nitrogens is 1. The van der Waals surface area contributed by atoms with E-state index in [9.17, 15) is 9.59 Å². The number of methoxy groups -OCH3 is 1. The van der Waals surface area contributed by atoms with Crippen molar-refractivity contribution in [1.29, 1.82) is 0 Å². The van der Waals surface area contributed by atoms with Crippen molar-refractivity contribution in [2.24, 2.45) is 0 Å². The molecule has 1 heterocycles. The lowest BCUT2D eigenvalue weighted by atomic mass is 10.2. The Labute approximate surface area is 115 Å². The second-order valence-corrected chi connectivity index (χ2v) is 4.44. The van der Waals surface area contributed by atoms with Crippen molar-refractivity contribution in [2.75, 3.05) is 19.0 Å². The minimum atomic E-state index is -0.560. The Morgan fingerprint density at radius 3 is 3.05 bits per heavy atom. The van der Waals surface area contributed by atoms with Gasteiger partial charge in [0.25, 0.3) is 0 Å². The van der Waals surface area contributed by atoms with Crippen LogP contribution in [-0.4, -0.2) is 30.8 Å². The third kappa shape index (κ3) is 6.01. The highest BCUT2D eigenvalue weighted by Gasteiger charge is 2.07. The van der Waals surface area contributed by atoms with Crippen molar-refractivity contribution in [2.45, 2.75) is 19.3 Å². The lowest BCUT2D eigenvalue weighted by Gasteiger charge is -2.01. The van der Waals surface area contributed by atoms with Gasteiger partial charge in [0.15, 0.2) is 5.13 Å². The summed E-state index contributed by atoms with van der Waals surface area (Å²) in [5.41, 5.74) is 0.827. The van der Waals surface area contributed by atoms with Crippen molar-refractivity contribution in [3.05, 3.63) is 23.7 Å². The molecule has 1 N–H and O–H groups in total. The molecule has 6 nitrogen and oxygen atoms in total. The van der Waals surface area contributed by atoms with Crippen LogP contribution in [0.25, 0.3) is 0 Å². The molecule has 1 rings (SSSR count). The van der Waals surface area contributed by atoms with Crippen molar-refractivity contribution < 1.29 is 19.1 Å². The molecular formula is C12H16N2O4S. The maximum absolute atomic E-state index is 11.2. The lowest BCUT2D eigenvalue weighted by molar-refractivity contribution is -0.140. The van der Waals surface area contributed by atoms with Crippen LogP contribution in [0.3, 0.4) is 0 Å². The Morgan fingerprint density at radius 2 is 2.37 bits per heavy atom. The molecule has 0 radical (unpaired) electrons. The van der Waals surface area contributed by atoms with Crippen molar-refractivity contribution in [1.82, 2.24) is 4.98 Å². The van der Waals surface area contributed by atoms with Gasteiger partial charge in [0.1, 0.15) is 6.61 Å². The Morgan fingerprint density at radius 1 is 1.58 bits per heavy atom. The molecule has 0 aliphatic carbocycles. The van der Waals surface area contributed by atoms with Crippen LogP contribution < -0.4 is 5.32 Å². The molecule has 104 valence electrons. The first kappa shape index (κ1) is 15.2. The van der Waals surface area contributed by atoms with Crippen molar-refractivity contribution >= 4 is 28.5 Å². The molecule has 1 aromatic heterocycles. The summed E-state index contributed by atoms with van der Waals surface area (Å²) in [6.07, 6.45) is 2.61. The third-order valence-electron chi connectivity index (χ3n) is 2.13. The molecule has 0 aliphatic heterocycles. The number of esters is 1. The number of ether oxygens (including phenoxy) is 2. The largest absolute Gasteiger partial charge is 0.469 e. The van der Waals surface area contributed by atoms with Gasteiger partial charge in [-0.25, -0.2) is 9.78 Å². The van der Waals surface area contributed by atoms with E-state index >= 15 is 0 Å². The quantitative estimate of drug-likeness (QED) is 0.614. The summed E-state index contributed by atoms with van der Waals surface area (Å²) in [4.78, 5) is 26.4. The van der Waals surface area contributed by atoms with E-state index in [2.05, 4.69) is 21.6 Å². The molecule has 0 unspecified atom stereocenters. The van der Waals surface area contributed by atoms with Crippen LogP contribution in [-0.2, 0) is 20.7 Å². The van der Waals surface area contributed by atoms with Gasteiger partial charge in [0, 0.05) is 11.8 Å². The van der Waals surface area contributed by atoms with Gasteiger partial charge in [-0.15, -0.1) is 11.3 Å². The van der Waals surface area contributed by atoms with Gasteiger partial charge in [-0.05, 0) is 12.8 Å². The molecule has 1 aromatic rings. The summed E-state index contributed by atoms with van der Waals surface area (Å²) in [7, 11) is 1.36. The predicted molar refractivity (Wildman–Crippen MR) is 72.2 cm³/mol. The highest BCUT2D eigenvalue weighted by atomic mass is 32.1. The van der Waals surface area contributed by atoms with Crippen LogP contribution >= 0.6 is 11.3 Å². The van der Waals surface area contributed by atoms with Crippen LogP contribution in [0.5, 0.6) is 0 Å². The van der Waals surface area contributed by atoms with Crippen LogP contribution in [0.2, 0.25) is 0 Å². The first-order valence-corrected chi connectivity index (χ1v) is 6.59. The van der Waals surface area contributed by atoms with Gasteiger partial charge >= 0.3 is 12.1 Å². The molecule has 0 fully saturated rings. The molecule has 0 saturated heterocycles. The molecule has 1 amide bonds. The van der Waals surface area contributed by atoms with Gasteiger partial charge in [-0.2, -0.15) is 0 Å². The Bertz CT molecular complexity index is 445. The monoisotopic (exact) mass is 284 g/mol. The SMILES string of the molecule is C=CCOC(=O)Nc1nc(CCCC(=O)OC)cs1. The summed E-state index contributed by atoms with van der Waals surface area (Å²) >= 11 is 1.31. The zero-order chi connectivity index (χ0) is 14.1. The summed E-state index contributed by atoms with van der Waals surface area (Å²) < 4.78 is 9.31. The molecule has 0 spiro atoms. The normalized spacial score (nSPS) is 9.74. The number of carbonyl (C=O) groups excluding carboxylic acids is 2. The minimum Gasteiger partial charge on any atom is -0.469 e. The summed E-state index contributed by atoms with van der Waals surface area (Å²) in [6.45, 7) is 3.60. The topological polar surface area (TPSA) is 77.5 Å². The van der Waals surface area contributed by atoms with Crippen LogP contribution in [0.1, 0.15) is 18.5 Å². The first-order valence-electron chi connectivity index (χ1n) is 5.71. The number of nitrogens with one attached hydrogen (secondary N) is 1. The van der Waals surface area contributed by atoms with Crippen LogP contribution in [0, 0.1) is 0 Å². The molecule has 0 aromatic carbocycles. The van der Waals surface area contributed by atoms with E-state index in [-0.39, 0.29) is 12.6 Å². The molecular weight excluding hydrogens is 268 g/mol. The standard InChI is InChI=1S/C12H16N2O4S/c1-3-7-18-12(16)14-11-13-9(8-19-11)5-4-6-10(15)17-2/h3,8H,1,4-7H2,2H3,(H,13,14,16). The van der Waals surface area contributed by atoms with Crippen LogP contribution in [0.15, 0.2) is 18.0 Å². The second-order valence-electron chi connectivity index (χ2n) is 3.59. The van der Waals surface area contributed by atoms with Gasteiger partial charge in [-0.1, -0.05) is 12.7 Å². The van der Waals surface area contributed by atoms with E-state index in [0.29, 0.717) is 24.4 Å². The average molecular weight is 284 g/mol. The fourth-order valence-corrected chi connectivity index (χ4v) is 1.98. The highest BCUT2D eigenvalue weighted by Crippen LogP contribution is 2.17. The van der Waals surface area contributed by atoms with Gasteiger partial charge < -0.3 is 9.47 Å². The fraction of sp³-hybridized carbons (Fsp3) is 0.417. The Hall–Kier alpha value is -1.89. The number of carbonyl (C=O) groups is 2. The average Bonchev–Trinajstić information content (AvgIpc) is 2.83. The van der Waals surface area contributed by atoms with Crippen LogP contribution in [0.4, 0.5) is 9.93 Å². The fourth-order valence-electron chi connectivity index (χ4n) is 1.25. The maximum atomic E-state index is 11.2. The van der Waals surface area contributed by atoms with E-state index in [1.165, 1.54) is 24.5 Å². The third-order valence-corrected chi connectivity index (χ3v) is 2.94.